The summed E-state index contributed by atoms with van der Waals surface area (Å²) in [5, 5.41) is 0.864. The van der Waals surface area contributed by atoms with Crippen molar-refractivity contribution in [2.75, 3.05) is 5.08 Å². The molecule has 0 amide bonds. The van der Waals surface area contributed by atoms with E-state index in [0.29, 0.717) is 11.1 Å². The maximum absolute atomic E-state index is 12.0. The van der Waals surface area contributed by atoms with Crippen LogP contribution in [0.3, 0.4) is 0 Å². The van der Waals surface area contributed by atoms with E-state index in [-0.39, 0.29) is 0 Å². The second-order valence-electron chi connectivity index (χ2n) is 5.15. The van der Waals surface area contributed by atoms with Gasteiger partial charge >= 0.3 is 0 Å². The van der Waals surface area contributed by atoms with E-state index in [1.165, 1.54) is 12.2 Å². The minimum Gasteiger partial charge on any atom is -0.223 e. The van der Waals surface area contributed by atoms with E-state index >= 15 is 0 Å². The molecular formula is C17H14Br2O4S2. The highest BCUT2D eigenvalue weighted by atomic mass is 79.9. The third kappa shape index (κ3) is 7.27. The van der Waals surface area contributed by atoms with Crippen molar-refractivity contribution in [1.29, 1.82) is 0 Å². The van der Waals surface area contributed by atoms with Crippen LogP contribution in [-0.4, -0.2) is 21.9 Å². The van der Waals surface area contributed by atoms with Gasteiger partial charge in [-0.15, -0.1) is 0 Å². The van der Waals surface area contributed by atoms with Gasteiger partial charge in [-0.05, 0) is 47.5 Å². The number of sulfone groups is 2. The minimum atomic E-state index is -3.90. The highest BCUT2D eigenvalue weighted by molar-refractivity contribution is 9.10. The SMILES string of the molecule is O=S(=O)(/C=C\c1ccc(Br)cc1)CS(=O)(=O)/C=C/c1ccc(Br)cc1. The third-order valence-electron chi connectivity index (χ3n) is 3.00. The molecule has 0 aliphatic rings. The molecule has 2 aromatic rings. The van der Waals surface area contributed by atoms with Crippen molar-refractivity contribution in [3.8, 4) is 0 Å². The highest BCUT2D eigenvalue weighted by Gasteiger charge is 2.17. The van der Waals surface area contributed by atoms with E-state index in [2.05, 4.69) is 31.9 Å². The Hall–Kier alpha value is -1.22. The average Bonchev–Trinajstić information content (AvgIpc) is 2.53. The fraction of sp³-hybridized carbons (Fsp3) is 0.0588. The molecule has 2 aromatic carbocycles. The Labute approximate surface area is 164 Å². The molecule has 132 valence electrons. The summed E-state index contributed by atoms with van der Waals surface area (Å²) in [5.74, 6) is 0. The van der Waals surface area contributed by atoms with Crippen LogP contribution in [0.15, 0.2) is 68.3 Å². The summed E-state index contributed by atoms with van der Waals surface area (Å²) >= 11 is 6.57. The summed E-state index contributed by atoms with van der Waals surface area (Å²) in [6.45, 7) is 0. The van der Waals surface area contributed by atoms with Gasteiger partial charge in [-0.25, -0.2) is 16.8 Å². The fourth-order valence-electron chi connectivity index (χ4n) is 1.82. The molecule has 4 nitrogen and oxygen atoms in total. The molecule has 8 heteroatoms. The Morgan fingerprint density at radius 1 is 0.640 bits per heavy atom. The summed E-state index contributed by atoms with van der Waals surface area (Å²) < 4.78 is 49.8. The predicted octanol–water partition coefficient (Wildman–Crippen LogP) is 4.64. The number of hydrogen-bond donors (Lipinski definition) is 0. The Balaban J connectivity index is 2.09. The van der Waals surface area contributed by atoms with Gasteiger partial charge in [0.05, 0.1) is 0 Å². The van der Waals surface area contributed by atoms with Gasteiger partial charge in [-0.2, -0.15) is 0 Å². The van der Waals surface area contributed by atoms with Crippen molar-refractivity contribution < 1.29 is 16.8 Å². The van der Waals surface area contributed by atoms with Crippen molar-refractivity contribution in [2.45, 2.75) is 0 Å². The smallest absolute Gasteiger partial charge is 0.186 e. The number of rotatable bonds is 6. The van der Waals surface area contributed by atoms with Crippen molar-refractivity contribution in [3.05, 3.63) is 79.4 Å². The largest absolute Gasteiger partial charge is 0.223 e. The third-order valence-corrected chi connectivity index (χ3v) is 7.79. The maximum atomic E-state index is 12.0. The lowest BCUT2D eigenvalue weighted by Gasteiger charge is -1.99. The first-order chi connectivity index (χ1) is 11.7. The predicted molar refractivity (Wildman–Crippen MR) is 109 cm³/mol. The summed E-state index contributed by atoms with van der Waals surface area (Å²) in [6, 6.07) is 14.0. The zero-order valence-corrected chi connectivity index (χ0v) is 17.6. The van der Waals surface area contributed by atoms with Crippen molar-refractivity contribution in [1.82, 2.24) is 0 Å². The summed E-state index contributed by atoms with van der Waals surface area (Å²) in [5.41, 5.74) is 1.32. The second kappa shape index (κ2) is 8.44. The topological polar surface area (TPSA) is 68.3 Å². The van der Waals surface area contributed by atoms with Crippen LogP contribution >= 0.6 is 31.9 Å². The van der Waals surface area contributed by atoms with Gasteiger partial charge in [0.15, 0.2) is 24.8 Å². The molecule has 0 spiro atoms. The molecule has 0 heterocycles. The van der Waals surface area contributed by atoms with Crippen molar-refractivity contribution in [3.63, 3.8) is 0 Å². The quantitative estimate of drug-likeness (QED) is 0.573. The lowest BCUT2D eigenvalue weighted by molar-refractivity contribution is 0.598. The number of halogens is 2. The normalized spacial score (nSPS) is 12.9. The molecule has 25 heavy (non-hydrogen) atoms. The number of benzene rings is 2. The van der Waals surface area contributed by atoms with Crippen LogP contribution < -0.4 is 0 Å². The van der Waals surface area contributed by atoms with Gasteiger partial charge in [0.1, 0.15) is 0 Å². The standard InChI is InChI=1S/C17H14Br2O4S2/c18-16-5-1-14(2-6-16)9-11-24(20,21)13-25(22,23)12-10-15-3-7-17(19)8-4-15/h1-12H,13H2/b11-9-,12-10+. The van der Waals surface area contributed by atoms with Crippen LogP contribution in [0.4, 0.5) is 0 Å². The first-order valence-corrected chi connectivity index (χ1v) is 12.0. The van der Waals surface area contributed by atoms with Crippen molar-refractivity contribution >= 4 is 63.7 Å². The molecule has 0 aliphatic heterocycles. The van der Waals surface area contributed by atoms with Crippen LogP contribution in [-0.2, 0) is 19.7 Å². The molecule has 0 radical (unpaired) electrons. The van der Waals surface area contributed by atoms with E-state index in [4.69, 9.17) is 0 Å². The Kier molecular flexibility index (Phi) is 6.79. The molecule has 0 aromatic heterocycles. The van der Waals surface area contributed by atoms with E-state index < -0.39 is 24.8 Å². The van der Waals surface area contributed by atoms with Gasteiger partial charge in [-0.1, -0.05) is 56.1 Å². The summed E-state index contributed by atoms with van der Waals surface area (Å²) in [4.78, 5) is 0. The zero-order chi connectivity index (χ0) is 18.5. The molecule has 0 atom stereocenters. The summed E-state index contributed by atoms with van der Waals surface area (Å²) in [7, 11) is -7.80. The molecule has 2 rings (SSSR count). The van der Waals surface area contributed by atoms with Crippen LogP contribution in [0.1, 0.15) is 11.1 Å². The average molecular weight is 506 g/mol. The first-order valence-electron chi connectivity index (χ1n) is 6.98. The summed E-state index contributed by atoms with van der Waals surface area (Å²) in [6.07, 6.45) is 2.74. The van der Waals surface area contributed by atoms with E-state index in [1.54, 1.807) is 48.5 Å². The van der Waals surface area contributed by atoms with E-state index in [0.717, 1.165) is 19.8 Å². The molecule has 0 aliphatic carbocycles. The second-order valence-corrected chi connectivity index (χ2v) is 11.1. The zero-order valence-electron chi connectivity index (χ0n) is 12.8. The molecule has 0 saturated heterocycles. The minimum absolute atomic E-state index is 0.662. The van der Waals surface area contributed by atoms with Crippen molar-refractivity contribution in [2.24, 2.45) is 0 Å². The highest BCUT2D eigenvalue weighted by Crippen LogP contribution is 2.14. The van der Waals surface area contributed by atoms with E-state index in [1.807, 2.05) is 0 Å². The van der Waals surface area contributed by atoms with Crippen LogP contribution in [0.25, 0.3) is 12.2 Å². The Morgan fingerprint density at radius 2 is 0.960 bits per heavy atom. The van der Waals surface area contributed by atoms with Gasteiger partial charge in [-0.3, -0.25) is 0 Å². The van der Waals surface area contributed by atoms with Gasteiger partial charge in [0.2, 0.25) is 0 Å². The lowest BCUT2D eigenvalue weighted by Crippen LogP contribution is -2.11. The van der Waals surface area contributed by atoms with Crippen LogP contribution in [0.5, 0.6) is 0 Å². The molecule has 0 bridgehead atoms. The maximum Gasteiger partial charge on any atom is 0.186 e. The molecule has 0 saturated carbocycles. The van der Waals surface area contributed by atoms with Crippen LogP contribution in [0, 0.1) is 0 Å². The Bertz CT molecular complexity index is 906. The Morgan fingerprint density at radius 3 is 1.28 bits per heavy atom. The number of hydrogen-bond acceptors (Lipinski definition) is 4. The van der Waals surface area contributed by atoms with Gasteiger partial charge in [0, 0.05) is 19.8 Å². The monoisotopic (exact) mass is 504 g/mol. The van der Waals surface area contributed by atoms with E-state index in [9.17, 15) is 16.8 Å². The molecule has 0 unspecified atom stereocenters. The lowest BCUT2D eigenvalue weighted by atomic mass is 10.2. The van der Waals surface area contributed by atoms with Gasteiger partial charge in [0.25, 0.3) is 0 Å². The first kappa shape index (κ1) is 20.1. The molecule has 0 N–H and O–H groups in total. The molecule has 0 fully saturated rings. The van der Waals surface area contributed by atoms with Gasteiger partial charge < -0.3 is 0 Å². The van der Waals surface area contributed by atoms with Crippen LogP contribution in [0.2, 0.25) is 0 Å². The molecular weight excluding hydrogens is 492 g/mol. The fourth-order valence-corrected chi connectivity index (χ4v) is 5.54.